The van der Waals surface area contributed by atoms with E-state index in [9.17, 15) is 9.90 Å². The van der Waals surface area contributed by atoms with Crippen molar-refractivity contribution in [2.24, 2.45) is 5.10 Å². The lowest BCUT2D eigenvalue weighted by molar-refractivity contribution is 0.0946. The molecule has 0 spiro atoms. The maximum atomic E-state index is 11.6. The molecule has 9 heteroatoms. The van der Waals surface area contributed by atoms with Crippen molar-refractivity contribution in [1.29, 1.82) is 0 Å². The first-order valence-corrected chi connectivity index (χ1v) is 5.40. The Morgan fingerprint density at radius 2 is 2.35 bits per heavy atom. The van der Waals surface area contributed by atoms with Gasteiger partial charge in [0.2, 0.25) is 11.5 Å². The number of nitrogen functional groups attached to an aromatic ring is 1. The first kappa shape index (κ1) is 13.3. The summed E-state index contributed by atoms with van der Waals surface area (Å²) in [6, 6.07) is 4.60. The number of nitrogens with zero attached hydrogens (tertiary/aromatic N) is 3. The van der Waals surface area contributed by atoms with Crippen LogP contribution in [0.2, 0.25) is 0 Å². The predicted molar refractivity (Wildman–Crippen MR) is 68.4 cm³/mol. The molecule has 0 unspecified atom stereocenters. The van der Waals surface area contributed by atoms with E-state index in [1.165, 1.54) is 19.4 Å². The Labute approximate surface area is 113 Å². The molecule has 0 fully saturated rings. The molecule has 0 radical (unpaired) electrons. The number of carbonyl (C=O) groups excluding carboxylic acids is 1. The number of hydrogen-bond acceptors (Lipinski definition) is 8. The number of rotatable bonds is 4. The van der Waals surface area contributed by atoms with Gasteiger partial charge in [-0.15, -0.1) is 0 Å². The van der Waals surface area contributed by atoms with Crippen molar-refractivity contribution >= 4 is 17.9 Å². The van der Waals surface area contributed by atoms with E-state index >= 15 is 0 Å². The molecule has 4 N–H and O–H groups in total. The topological polar surface area (TPSA) is 136 Å². The summed E-state index contributed by atoms with van der Waals surface area (Å²) < 4.78 is 9.23. The number of aromatic hydroxyl groups is 1. The van der Waals surface area contributed by atoms with Gasteiger partial charge in [-0.25, -0.2) is 10.1 Å². The van der Waals surface area contributed by atoms with E-state index in [-0.39, 0.29) is 17.3 Å². The van der Waals surface area contributed by atoms with E-state index < -0.39 is 5.91 Å². The Balaban J connectivity index is 2.04. The maximum Gasteiger partial charge on any atom is 0.297 e. The molecule has 20 heavy (non-hydrogen) atoms. The van der Waals surface area contributed by atoms with Crippen molar-refractivity contribution in [2.75, 3.05) is 12.8 Å². The second-order valence-corrected chi connectivity index (χ2v) is 3.63. The van der Waals surface area contributed by atoms with Crippen LogP contribution in [0.25, 0.3) is 0 Å². The summed E-state index contributed by atoms with van der Waals surface area (Å²) in [5.74, 6) is -0.463. The number of hydrazone groups is 1. The zero-order chi connectivity index (χ0) is 14.5. The SMILES string of the molecule is COc1cc(C=NNC(=O)c2nonc2N)ccc1O. The number of carbonyl (C=O) groups is 1. The van der Waals surface area contributed by atoms with Gasteiger partial charge in [0.15, 0.2) is 11.5 Å². The van der Waals surface area contributed by atoms with Gasteiger partial charge in [-0.1, -0.05) is 0 Å². The monoisotopic (exact) mass is 277 g/mol. The van der Waals surface area contributed by atoms with Gasteiger partial charge in [0.1, 0.15) is 0 Å². The minimum Gasteiger partial charge on any atom is -0.504 e. The number of amides is 1. The Morgan fingerprint density at radius 1 is 1.55 bits per heavy atom. The summed E-state index contributed by atoms with van der Waals surface area (Å²) in [5.41, 5.74) is 8.03. The molecular formula is C11H11N5O4. The van der Waals surface area contributed by atoms with Gasteiger partial charge in [-0.05, 0) is 34.1 Å². The first-order chi connectivity index (χ1) is 9.61. The van der Waals surface area contributed by atoms with Gasteiger partial charge in [-0.3, -0.25) is 4.79 Å². The Kier molecular flexibility index (Phi) is 3.80. The van der Waals surface area contributed by atoms with E-state index in [1.807, 2.05) is 0 Å². The fourth-order valence-electron chi connectivity index (χ4n) is 1.35. The Morgan fingerprint density at radius 3 is 3.00 bits per heavy atom. The molecule has 104 valence electrons. The summed E-state index contributed by atoms with van der Waals surface area (Å²) in [4.78, 5) is 11.6. The van der Waals surface area contributed by atoms with Crippen LogP contribution in [0.5, 0.6) is 11.5 Å². The van der Waals surface area contributed by atoms with Crippen LogP contribution in [0.1, 0.15) is 16.1 Å². The third-order valence-corrected chi connectivity index (χ3v) is 2.31. The van der Waals surface area contributed by atoms with E-state index in [1.54, 1.807) is 12.1 Å². The molecule has 0 atom stereocenters. The molecule has 2 aromatic rings. The smallest absolute Gasteiger partial charge is 0.297 e. The highest BCUT2D eigenvalue weighted by Crippen LogP contribution is 2.25. The Hall–Kier alpha value is -3.10. The van der Waals surface area contributed by atoms with Gasteiger partial charge in [0, 0.05) is 0 Å². The highest BCUT2D eigenvalue weighted by atomic mass is 16.6. The van der Waals surface area contributed by atoms with Gasteiger partial charge in [-0.2, -0.15) is 5.10 Å². The molecule has 0 bridgehead atoms. The lowest BCUT2D eigenvalue weighted by Crippen LogP contribution is -2.19. The zero-order valence-corrected chi connectivity index (χ0v) is 10.4. The third kappa shape index (κ3) is 2.83. The van der Waals surface area contributed by atoms with Crippen molar-refractivity contribution < 1.29 is 19.3 Å². The molecule has 9 nitrogen and oxygen atoms in total. The molecule has 1 amide bonds. The second kappa shape index (κ2) is 5.69. The van der Waals surface area contributed by atoms with Gasteiger partial charge in [0.25, 0.3) is 5.91 Å². The highest BCUT2D eigenvalue weighted by molar-refractivity contribution is 5.96. The number of anilines is 1. The van der Waals surface area contributed by atoms with Gasteiger partial charge >= 0.3 is 0 Å². The predicted octanol–water partition coefficient (Wildman–Crippen LogP) is 0.130. The molecule has 1 aromatic heterocycles. The third-order valence-electron chi connectivity index (χ3n) is 2.31. The quantitative estimate of drug-likeness (QED) is 0.533. The molecule has 2 rings (SSSR count). The van der Waals surface area contributed by atoms with Crippen LogP contribution in [-0.2, 0) is 0 Å². The average molecular weight is 277 g/mol. The normalized spacial score (nSPS) is 10.7. The van der Waals surface area contributed by atoms with E-state index in [0.29, 0.717) is 11.3 Å². The maximum absolute atomic E-state index is 11.6. The minimum absolute atomic E-state index is 0.00938. The summed E-state index contributed by atoms with van der Waals surface area (Å²) in [6.45, 7) is 0. The zero-order valence-electron chi connectivity index (χ0n) is 10.4. The number of ether oxygens (including phenoxy) is 1. The number of phenolic OH excluding ortho intramolecular Hbond substituents is 1. The molecule has 0 saturated carbocycles. The summed E-state index contributed by atoms with van der Waals surface area (Å²) in [6.07, 6.45) is 1.36. The fourth-order valence-corrected chi connectivity index (χ4v) is 1.35. The second-order valence-electron chi connectivity index (χ2n) is 3.63. The van der Waals surface area contributed by atoms with Crippen LogP contribution < -0.4 is 15.9 Å². The summed E-state index contributed by atoms with van der Waals surface area (Å²) in [5, 5.41) is 19.7. The van der Waals surface area contributed by atoms with Crippen LogP contribution in [0.3, 0.4) is 0 Å². The lowest BCUT2D eigenvalue weighted by Gasteiger charge is -2.03. The van der Waals surface area contributed by atoms with Crippen molar-refractivity contribution in [1.82, 2.24) is 15.7 Å². The van der Waals surface area contributed by atoms with E-state index in [2.05, 4.69) is 25.5 Å². The highest BCUT2D eigenvalue weighted by Gasteiger charge is 2.14. The van der Waals surface area contributed by atoms with E-state index in [4.69, 9.17) is 10.5 Å². The number of phenols is 1. The Bertz CT molecular complexity index is 652. The largest absolute Gasteiger partial charge is 0.504 e. The van der Waals surface area contributed by atoms with Crippen LogP contribution in [0, 0.1) is 0 Å². The lowest BCUT2D eigenvalue weighted by atomic mass is 10.2. The van der Waals surface area contributed by atoms with Crippen molar-refractivity contribution in [3.8, 4) is 11.5 Å². The molecule has 1 heterocycles. The first-order valence-electron chi connectivity index (χ1n) is 5.40. The van der Waals surface area contributed by atoms with Crippen molar-refractivity contribution in [3.63, 3.8) is 0 Å². The number of methoxy groups -OCH3 is 1. The van der Waals surface area contributed by atoms with Crippen molar-refractivity contribution in [2.45, 2.75) is 0 Å². The molecular weight excluding hydrogens is 266 g/mol. The number of benzene rings is 1. The average Bonchev–Trinajstić information content (AvgIpc) is 2.87. The molecule has 0 aliphatic carbocycles. The number of hydrogen-bond donors (Lipinski definition) is 3. The molecule has 0 aliphatic rings. The van der Waals surface area contributed by atoms with Crippen molar-refractivity contribution in [3.05, 3.63) is 29.5 Å². The van der Waals surface area contributed by atoms with Crippen LogP contribution >= 0.6 is 0 Å². The van der Waals surface area contributed by atoms with E-state index in [0.717, 1.165) is 0 Å². The summed E-state index contributed by atoms with van der Waals surface area (Å²) in [7, 11) is 1.43. The molecule has 1 aromatic carbocycles. The minimum atomic E-state index is -0.647. The number of nitrogens with two attached hydrogens (primary N) is 1. The van der Waals surface area contributed by atoms with Gasteiger partial charge in [0.05, 0.1) is 13.3 Å². The van der Waals surface area contributed by atoms with Gasteiger partial charge < -0.3 is 15.6 Å². The number of nitrogens with one attached hydrogen (secondary N) is 1. The van der Waals surface area contributed by atoms with Crippen LogP contribution in [0.4, 0.5) is 5.82 Å². The van der Waals surface area contributed by atoms with Crippen LogP contribution in [-0.4, -0.2) is 34.7 Å². The summed E-state index contributed by atoms with van der Waals surface area (Å²) >= 11 is 0. The molecule has 0 saturated heterocycles. The number of aromatic nitrogens is 2. The standard InChI is InChI=1S/C11H11N5O4/c1-19-8-4-6(2-3-7(8)17)5-13-14-11(18)9-10(12)16-20-15-9/h2-5,17H,1H3,(H2,12,16)(H,14,18). The molecule has 0 aliphatic heterocycles. The van der Waals surface area contributed by atoms with Crippen LogP contribution in [0.15, 0.2) is 27.9 Å². The fraction of sp³-hybridized carbons (Fsp3) is 0.0909.